The summed E-state index contributed by atoms with van der Waals surface area (Å²) in [6.45, 7) is 16.1. The molecule has 0 N–H and O–H groups in total. The van der Waals surface area contributed by atoms with Gasteiger partial charge in [0, 0.05) is 0 Å². The Balaban J connectivity index is 0.000000261. The van der Waals surface area contributed by atoms with Crippen LogP contribution in [0.3, 0.4) is 0 Å². The Hall–Kier alpha value is -0.590. The fourth-order valence-corrected chi connectivity index (χ4v) is 2.93. The number of hydrogen-bond acceptors (Lipinski definition) is 4. The van der Waals surface area contributed by atoms with Crippen molar-refractivity contribution in [3.8, 4) is 0 Å². The monoisotopic (exact) mass is 412 g/mol. The van der Waals surface area contributed by atoms with E-state index in [4.69, 9.17) is 30.2 Å². The molecular weight excluding hydrogens is 380 g/mol. The quantitative estimate of drug-likeness (QED) is 0.542. The van der Waals surface area contributed by atoms with E-state index in [-0.39, 0.29) is 33.5 Å². The molecule has 0 aliphatic carbocycles. The van der Waals surface area contributed by atoms with Crippen molar-refractivity contribution in [2.24, 2.45) is 0 Å². The van der Waals surface area contributed by atoms with E-state index in [1.54, 1.807) is 12.1 Å². The third-order valence-corrected chi connectivity index (χ3v) is 6.56. The molecule has 2 aliphatic heterocycles. The molecule has 0 spiro atoms. The second kappa shape index (κ2) is 8.27. The minimum absolute atomic E-state index is 0.132. The Bertz CT molecular complexity index is 635. The van der Waals surface area contributed by atoms with Crippen LogP contribution >= 0.6 is 11.6 Å². The maximum atomic E-state index is 12.8. The van der Waals surface area contributed by atoms with E-state index in [0.717, 1.165) is 5.56 Å². The van der Waals surface area contributed by atoms with Gasteiger partial charge in [0.1, 0.15) is 5.82 Å². The molecule has 0 saturated carbocycles. The van der Waals surface area contributed by atoms with Gasteiger partial charge in [0.25, 0.3) is 0 Å². The molecule has 1 aromatic rings. The van der Waals surface area contributed by atoms with Crippen LogP contribution in [0, 0.1) is 5.82 Å². The Labute approximate surface area is 174 Å². The fraction of sp³-hybridized carbons (Fsp3) is 0.700. The van der Waals surface area contributed by atoms with Gasteiger partial charge in [-0.15, -0.1) is 11.6 Å². The van der Waals surface area contributed by atoms with Gasteiger partial charge in [-0.3, -0.25) is 0 Å². The van der Waals surface area contributed by atoms with Crippen molar-refractivity contribution >= 4 is 26.4 Å². The van der Waals surface area contributed by atoms with Crippen LogP contribution in [0.1, 0.15) is 61.0 Å². The standard InChI is InChI=1S/C14H19BClFO2.C6H13BO2/c1-13(2)14(3,4)19-15(18-13)12(16)9-10-5-7-11(17)8-6-10;1-5(2)6(3,4)9-7-8-5/h5-8,12H,9H2,1-4H3;7H,1-4H3. The van der Waals surface area contributed by atoms with E-state index in [1.165, 1.54) is 12.1 Å². The van der Waals surface area contributed by atoms with Gasteiger partial charge in [-0.2, -0.15) is 0 Å². The van der Waals surface area contributed by atoms with E-state index in [0.29, 0.717) is 14.1 Å². The number of halogens is 2. The minimum Gasteiger partial charge on any atom is -0.406 e. The molecule has 0 bridgehead atoms. The first kappa shape index (κ1) is 23.7. The maximum absolute atomic E-state index is 12.8. The smallest absolute Gasteiger partial charge is 0.406 e. The van der Waals surface area contributed by atoms with Gasteiger partial charge in [0.2, 0.25) is 0 Å². The van der Waals surface area contributed by atoms with Gasteiger partial charge < -0.3 is 18.6 Å². The third kappa shape index (κ3) is 5.31. The Kier molecular flexibility index (Phi) is 7.00. The van der Waals surface area contributed by atoms with Crippen molar-refractivity contribution in [3.05, 3.63) is 35.6 Å². The lowest BCUT2D eigenvalue weighted by atomic mass is 9.80. The van der Waals surface area contributed by atoms with E-state index >= 15 is 0 Å². The zero-order valence-corrected chi connectivity index (χ0v) is 19.0. The predicted molar refractivity (Wildman–Crippen MR) is 113 cm³/mol. The molecule has 28 heavy (non-hydrogen) atoms. The molecule has 0 amide bonds. The highest BCUT2D eigenvalue weighted by atomic mass is 35.5. The largest absolute Gasteiger partial charge is 0.477 e. The first-order valence-electron chi connectivity index (χ1n) is 9.69. The Morgan fingerprint density at radius 2 is 1.29 bits per heavy atom. The molecule has 8 heteroatoms. The first-order valence-corrected chi connectivity index (χ1v) is 10.1. The Morgan fingerprint density at radius 3 is 1.64 bits per heavy atom. The predicted octanol–water partition coefficient (Wildman–Crippen LogP) is 4.46. The molecule has 1 atom stereocenters. The molecule has 1 unspecified atom stereocenters. The first-order chi connectivity index (χ1) is 12.7. The zero-order chi connectivity index (χ0) is 21.4. The van der Waals surface area contributed by atoms with Crippen LogP contribution in [0.5, 0.6) is 0 Å². The molecule has 1 aromatic carbocycles. The van der Waals surface area contributed by atoms with Crippen LogP contribution < -0.4 is 0 Å². The molecule has 2 fully saturated rings. The lowest BCUT2D eigenvalue weighted by molar-refractivity contribution is 0.00578. The van der Waals surface area contributed by atoms with Crippen LogP contribution in [0.4, 0.5) is 4.39 Å². The van der Waals surface area contributed by atoms with Crippen LogP contribution in [0.2, 0.25) is 0 Å². The van der Waals surface area contributed by atoms with Gasteiger partial charge in [0.05, 0.1) is 27.7 Å². The highest BCUT2D eigenvalue weighted by molar-refractivity contribution is 6.60. The summed E-state index contributed by atoms with van der Waals surface area (Å²) in [5.41, 5.74) is -0.0580. The zero-order valence-electron chi connectivity index (χ0n) is 18.3. The normalized spacial score (nSPS) is 24.9. The van der Waals surface area contributed by atoms with Crippen molar-refractivity contribution < 1.29 is 23.0 Å². The molecule has 0 aromatic heterocycles. The van der Waals surface area contributed by atoms with E-state index in [9.17, 15) is 4.39 Å². The van der Waals surface area contributed by atoms with Gasteiger partial charge in [0.15, 0.2) is 0 Å². The summed E-state index contributed by atoms with van der Waals surface area (Å²) in [5.74, 6) is -0.245. The van der Waals surface area contributed by atoms with Crippen molar-refractivity contribution in [2.75, 3.05) is 0 Å². The molecule has 2 heterocycles. The number of rotatable bonds is 3. The molecular formula is C20H32B2ClFO4. The van der Waals surface area contributed by atoms with Crippen LogP contribution in [0.25, 0.3) is 0 Å². The average molecular weight is 413 g/mol. The summed E-state index contributed by atoms with van der Waals surface area (Å²) in [4.78, 5) is 0. The fourth-order valence-electron chi connectivity index (χ4n) is 2.65. The number of benzene rings is 1. The van der Waals surface area contributed by atoms with Gasteiger partial charge >= 0.3 is 14.8 Å². The van der Waals surface area contributed by atoms with Crippen molar-refractivity contribution in [1.82, 2.24) is 0 Å². The number of alkyl halides is 1. The van der Waals surface area contributed by atoms with E-state index < -0.39 is 7.12 Å². The summed E-state index contributed by atoms with van der Waals surface area (Å²) >= 11 is 6.37. The Morgan fingerprint density at radius 1 is 0.857 bits per heavy atom. The van der Waals surface area contributed by atoms with Gasteiger partial charge in [-0.05, 0) is 79.5 Å². The van der Waals surface area contributed by atoms with Crippen molar-refractivity contribution in [1.29, 1.82) is 0 Å². The second-order valence-corrected chi connectivity index (χ2v) is 9.96. The summed E-state index contributed by atoms with van der Waals surface area (Å²) in [6.07, 6.45) is 0.582. The lowest BCUT2D eigenvalue weighted by Gasteiger charge is -2.32. The third-order valence-electron chi connectivity index (χ3n) is 6.20. The summed E-state index contributed by atoms with van der Waals surface area (Å²) in [5, 5.41) is -0.300. The number of hydrogen-bond donors (Lipinski definition) is 0. The topological polar surface area (TPSA) is 36.9 Å². The minimum atomic E-state index is -0.447. The summed E-state index contributed by atoms with van der Waals surface area (Å²) in [7, 11) is -0.0169. The average Bonchev–Trinajstić information content (AvgIpc) is 2.92. The summed E-state index contributed by atoms with van der Waals surface area (Å²) in [6, 6.07) is 6.33. The lowest BCUT2D eigenvalue weighted by Crippen LogP contribution is -2.41. The molecule has 2 saturated heterocycles. The SMILES string of the molecule is CC1(C)OB(C(Cl)Cc2ccc(F)cc2)OC1(C)C.CC1(C)OBOC1(C)C. The van der Waals surface area contributed by atoms with Gasteiger partial charge in [-0.1, -0.05) is 12.1 Å². The van der Waals surface area contributed by atoms with Crippen LogP contribution in [-0.4, -0.2) is 42.5 Å². The molecule has 156 valence electrons. The summed E-state index contributed by atoms with van der Waals surface area (Å²) < 4.78 is 35.3. The van der Waals surface area contributed by atoms with E-state index in [2.05, 4.69) is 0 Å². The van der Waals surface area contributed by atoms with Crippen molar-refractivity contribution in [3.63, 3.8) is 0 Å². The van der Waals surface area contributed by atoms with Crippen LogP contribution in [0.15, 0.2) is 24.3 Å². The highest BCUT2D eigenvalue weighted by Gasteiger charge is 2.53. The molecule has 0 radical (unpaired) electrons. The highest BCUT2D eigenvalue weighted by Crippen LogP contribution is 2.38. The molecule has 2 aliphatic rings. The molecule has 3 rings (SSSR count). The van der Waals surface area contributed by atoms with Crippen molar-refractivity contribution in [2.45, 2.75) is 89.5 Å². The van der Waals surface area contributed by atoms with E-state index in [1.807, 2.05) is 55.4 Å². The second-order valence-electron chi connectivity index (χ2n) is 9.40. The van der Waals surface area contributed by atoms with Gasteiger partial charge in [-0.25, -0.2) is 4.39 Å². The maximum Gasteiger partial charge on any atom is 0.477 e. The van der Waals surface area contributed by atoms with Crippen LogP contribution in [-0.2, 0) is 25.0 Å². The molecule has 4 nitrogen and oxygen atoms in total.